The van der Waals surface area contributed by atoms with Gasteiger partial charge in [-0.1, -0.05) is 61.0 Å². The Labute approximate surface area is 151 Å². The highest BCUT2D eigenvalue weighted by Crippen LogP contribution is 2.37. The zero-order valence-corrected chi connectivity index (χ0v) is 15.5. The van der Waals surface area contributed by atoms with Crippen LogP contribution >= 0.6 is 34.8 Å². The van der Waals surface area contributed by atoms with Crippen molar-refractivity contribution in [3.63, 3.8) is 0 Å². The second-order valence-electron chi connectivity index (χ2n) is 5.19. The number of halogens is 3. The van der Waals surface area contributed by atoms with Gasteiger partial charge < -0.3 is 15.2 Å². The largest absolute Gasteiger partial charge is 0.465 e. The first-order valence-electron chi connectivity index (χ1n) is 7.49. The van der Waals surface area contributed by atoms with Crippen LogP contribution in [0.25, 0.3) is 0 Å². The third kappa shape index (κ3) is 6.61. The molecule has 1 atom stereocenters. The van der Waals surface area contributed by atoms with Gasteiger partial charge in [-0.05, 0) is 19.8 Å². The van der Waals surface area contributed by atoms with Crippen molar-refractivity contribution in [3.8, 4) is 5.88 Å². The fourth-order valence-electron chi connectivity index (χ4n) is 1.91. The maximum absolute atomic E-state index is 11.8. The van der Waals surface area contributed by atoms with Crippen LogP contribution in [0.4, 0.5) is 5.69 Å². The summed E-state index contributed by atoms with van der Waals surface area (Å²) >= 11 is 17.6. The average molecular weight is 384 g/mol. The normalized spacial score (nSPS) is 12.0. The molecule has 0 saturated carbocycles. The summed E-state index contributed by atoms with van der Waals surface area (Å²) in [7, 11) is 0. The molecular formula is C15H21Cl3N2O3. The molecule has 5 nitrogen and oxygen atoms in total. The Morgan fingerprint density at radius 1 is 1.22 bits per heavy atom. The van der Waals surface area contributed by atoms with E-state index in [9.17, 15) is 4.79 Å². The summed E-state index contributed by atoms with van der Waals surface area (Å²) in [6, 6.07) is 0. The highest BCUT2D eigenvalue weighted by molar-refractivity contribution is 6.45. The number of carbonyl (C=O) groups is 1. The van der Waals surface area contributed by atoms with E-state index in [4.69, 9.17) is 50.0 Å². The third-order valence-electron chi connectivity index (χ3n) is 3.17. The standard InChI is InChI=1S/C15H21Cl3N2O3/c1-3-4-5-6-7-9(2)23-10(21)8-22-15-12(17)13(19)11(16)14(18)20-15/h9H,3-8H2,1-2H3,(H2,19,20). The van der Waals surface area contributed by atoms with Crippen molar-refractivity contribution in [2.24, 2.45) is 0 Å². The predicted molar refractivity (Wildman–Crippen MR) is 93.5 cm³/mol. The quantitative estimate of drug-likeness (QED) is 0.373. The number of unbranched alkanes of at least 4 members (excludes halogenated alkanes) is 3. The molecule has 0 aliphatic rings. The van der Waals surface area contributed by atoms with Crippen molar-refractivity contribution in [1.82, 2.24) is 4.98 Å². The Balaban J connectivity index is 2.45. The van der Waals surface area contributed by atoms with Crippen LogP contribution in [0.15, 0.2) is 0 Å². The number of ether oxygens (including phenoxy) is 2. The van der Waals surface area contributed by atoms with E-state index in [2.05, 4.69) is 11.9 Å². The van der Waals surface area contributed by atoms with Crippen molar-refractivity contribution >= 4 is 46.5 Å². The number of pyridine rings is 1. The molecule has 1 aromatic rings. The smallest absolute Gasteiger partial charge is 0.344 e. The maximum atomic E-state index is 11.8. The van der Waals surface area contributed by atoms with Crippen LogP contribution in [-0.4, -0.2) is 23.7 Å². The van der Waals surface area contributed by atoms with Crippen LogP contribution in [0.5, 0.6) is 5.88 Å². The molecule has 1 rings (SSSR count). The molecule has 1 heterocycles. The molecule has 0 spiro atoms. The molecular weight excluding hydrogens is 363 g/mol. The van der Waals surface area contributed by atoms with Crippen molar-refractivity contribution in [2.45, 2.75) is 52.1 Å². The molecule has 2 N–H and O–H groups in total. The van der Waals surface area contributed by atoms with Gasteiger partial charge in [0.15, 0.2) is 11.8 Å². The minimum atomic E-state index is -0.504. The molecule has 1 unspecified atom stereocenters. The van der Waals surface area contributed by atoms with Gasteiger partial charge in [-0.2, -0.15) is 4.98 Å². The van der Waals surface area contributed by atoms with Crippen LogP contribution in [0.2, 0.25) is 15.2 Å². The van der Waals surface area contributed by atoms with Gasteiger partial charge in [-0.3, -0.25) is 0 Å². The van der Waals surface area contributed by atoms with Gasteiger partial charge in [0, 0.05) is 0 Å². The molecule has 23 heavy (non-hydrogen) atoms. The lowest BCUT2D eigenvalue weighted by Crippen LogP contribution is -2.21. The number of esters is 1. The average Bonchev–Trinajstić information content (AvgIpc) is 2.51. The molecule has 0 saturated heterocycles. The van der Waals surface area contributed by atoms with Crippen LogP contribution in [-0.2, 0) is 9.53 Å². The molecule has 0 radical (unpaired) electrons. The number of hydrogen-bond acceptors (Lipinski definition) is 5. The van der Waals surface area contributed by atoms with Gasteiger partial charge >= 0.3 is 5.97 Å². The Bertz CT molecular complexity index is 541. The number of rotatable bonds is 9. The maximum Gasteiger partial charge on any atom is 0.344 e. The van der Waals surface area contributed by atoms with Gasteiger partial charge in [0.1, 0.15) is 10.0 Å². The summed E-state index contributed by atoms with van der Waals surface area (Å²) in [5, 5.41) is 0.0216. The zero-order chi connectivity index (χ0) is 17.4. The lowest BCUT2D eigenvalue weighted by atomic mass is 10.1. The van der Waals surface area contributed by atoms with E-state index in [0.29, 0.717) is 0 Å². The van der Waals surface area contributed by atoms with E-state index in [1.165, 1.54) is 12.8 Å². The van der Waals surface area contributed by atoms with E-state index in [0.717, 1.165) is 19.3 Å². The number of carbonyl (C=O) groups excluding carboxylic acids is 1. The topological polar surface area (TPSA) is 74.4 Å². The van der Waals surface area contributed by atoms with E-state index in [1.54, 1.807) is 0 Å². The number of nitrogen functional groups attached to an aromatic ring is 1. The van der Waals surface area contributed by atoms with E-state index in [-0.39, 0.29) is 39.5 Å². The van der Waals surface area contributed by atoms with Gasteiger partial charge in [0.2, 0.25) is 5.88 Å². The summed E-state index contributed by atoms with van der Waals surface area (Å²) < 4.78 is 10.5. The Morgan fingerprint density at radius 2 is 1.91 bits per heavy atom. The second-order valence-corrected chi connectivity index (χ2v) is 6.30. The molecule has 0 aliphatic heterocycles. The van der Waals surface area contributed by atoms with Crippen molar-refractivity contribution in [3.05, 3.63) is 15.2 Å². The number of nitrogens with zero attached hydrogens (tertiary/aromatic N) is 1. The Morgan fingerprint density at radius 3 is 2.57 bits per heavy atom. The zero-order valence-electron chi connectivity index (χ0n) is 13.2. The van der Waals surface area contributed by atoms with Crippen LogP contribution < -0.4 is 10.5 Å². The molecule has 0 aliphatic carbocycles. The lowest BCUT2D eigenvalue weighted by Gasteiger charge is -2.14. The third-order valence-corrected chi connectivity index (χ3v) is 4.28. The molecule has 8 heteroatoms. The van der Waals surface area contributed by atoms with E-state index in [1.807, 2.05) is 6.92 Å². The van der Waals surface area contributed by atoms with Crippen LogP contribution in [0.1, 0.15) is 46.0 Å². The molecule has 1 aromatic heterocycles. The fourth-order valence-corrected chi connectivity index (χ4v) is 2.46. The molecule has 0 aromatic carbocycles. The van der Waals surface area contributed by atoms with Crippen LogP contribution in [0, 0.1) is 0 Å². The Hall–Kier alpha value is -0.910. The van der Waals surface area contributed by atoms with Gasteiger partial charge in [-0.15, -0.1) is 0 Å². The molecule has 0 bridgehead atoms. The minimum Gasteiger partial charge on any atom is -0.465 e. The van der Waals surface area contributed by atoms with E-state index >= 15 is 0 Å². The highest BCUT2D eigenvalue weighted by Gasteiger charge is 2.17. The number of hydrogen-bond donors (Lipinski definition) is 1. The number of aromatic nitrogens is 1. The molecule has 0 fully saturated rings. The highest BCUT2D eigenvalue weighted by atomic mass is 35.5. The number of anilines is 1. The summed E-state index contributed by atoms with van der Waals surface area (Å²) in [5.74, 6) is -0.554. The first kappa shape index (κ1) is 20.1. The SMILES string of the molecule is CCCCCCC(C)OC(=O)COc1nc(Cl)c(Cl)c(N)c1Cl. The van der Waals surface area contributed by atoms with Gasteiger partial charge in [0.25, 0.3) is 0 Å². The first-order chi connectivity index (χ1) is 10.9. The minimum absolute atomic E-state index is 0.0137. The Kier molecular flexibility index (Phi) is 8.81. The molecule has 130 valence electrons. The summed E-state index contributed by atoms with van der Waals surface area (Å²) in [5.41, 5.74) is 5.72. The van der Waals surface area contributed by atoms with Gasteiger partial charge in [-0.25, -0.2) is 4.79 Å². The fraction of sp³-hybridized carbons (Fsp3) is 0.600. The van der Waals surface area contributed by atoms with Crippen molar-refractivity contribution in [1.29, 1.82) is 0 Å². The lowest BCUT2D eigenvalue weighted by molar-refractivity contribution is -0.151. The number of nitrogens with two attached hydrogens (primary N) is 1. The second kappa shape index (κ2) is 10.1. The predicted octanol–water partition coefficient (Wildman–Crippen LogP) is 4.90. The van der Waals surface area contributed by atoms with Crippen molar-refractivity contribution in [2.75, 3.05) is 12.3 Å². The van der Waals surface area contributed by atoms with E-state index < -0.39 is 5.97 Å². The monoisotopic (exact) mass is 382 g/mol. The van der Waals surface area contributed by atoms with Crippen molar-refractivity contribution < 1.29 is 14.3 Å². The summed E-state index contributed by atoms with van der Waals surface area (Å²) in [4.78, 5) is 15.6. The summed E-state index contributed by atoms with van der Waals surface area (Å²) in [6.45, 7) is 3.67. The summed E-state index contributed by atoms with van der Waals surface area (Å²) in [6.07, 6.45) is 5.18. The van der Waals surface area contributed by atoms with Gasteiger partial charge in [0.05, 0.1) is 11.8 Å². The first-order valence-corrected chi connectivity index (χ1v) is 8.62. The molecule has 0 amide bonds. The van der Waals surface area contributed by atoms with Crippen LogP contribution in [0.3, 0.4) is 0 Å².